The maximum atomic E-state index is 5.23. The summed E-state index contributed by atoms with van der Waals surface area (Å²) in [5.41, 5.74) is 4.30. The second-order valence-corrected chi connectivity index (χ2v) is 6.61. The van der Waals surface area contributed by atoms with Crippen molar-refractivity contribution >= 4 is 11.8 Å². The Bertz CT molecular complexity index is 846. The topological polar surface area (TPSA) is 56.7 Å². The Labute approximate surface area is 145 Å². The van der Waals surface area contributed by atoms with Crippen LogP contribution in [0, 0.1) is 20.8 Å². The van der Waals surface area contributed by atoms with Gasteiger partial charge in [-0.2, -0.15) is 0 Å². The van der Waals surface area contributed by atoms with Gasteiger partial charge >= 0.3 is 0 Å². The Balaban J connectivity index is 1.90. The van der Waals surface area contributed by atoms with E-state index >= 15 is 0 Å². The molecule has 3 rings (SSSR count). The summed E-state index contributed by atoms with van der Waals surface area (Å²) in [5.74, 6) is 2.47. The molecule has 124 valence electrons. The number of aryl methyl sites for hydroxylation is 3. The normalized spacial score (nSPS) is 11.0. The van der Waals surface area contributed by atoms with E-state index in [1.54, 1.807) is 11.8 Å². The average molecular weight is 340 g/mol. The van der Waals surface area contributed by atoms with E-state index in [1.807, 2.05) is 26.0 Å². The molecule has 0 N–H and O–H groups in total. The third kappa shape index (κ3) is 3.28. The van der Waals surface area contributed by atoms with Crippen LogP contribution in [0.3, 0.4) is 0 Å². The minimum absolute atomic E-state index is 0.667. The van der Waals surface area contributed by atoms with E-state index in [0.717, 1.165) is 39.3 Å². The lowest BCUT2D eigenvalue weighted by Gasteiger charge is -2.08. The minimum atomic E-state index is 0.667. The summed E-state index contributed by atoms with van der Waals surface area (Å²) in [7, 11) is 0. The molecule has 3 aromatic rings. The number of thioether (sulfide) groups is 1. The van der Waals surface area contributed by atoms with Gasteiger partial charge in [0.05, 0.1) is 5.69 Å². The van der Waals surface area contributed by atoms with Gasteiger partial charge in [0, 0.05) is 23.4 Å². The Morgan fingerprint density at radius 1 is 1.25 bits per heavy atom. The highest BCUT2D eigenvalue weighted by molar-refractivity contribution is 7.98. The van der Waals surface area contributed by atoms with Crippen molar-refractivity contribution in [1.29, 1.82) is 0 Å². The summed E-state index contributed by atoms with van der Waals surface area (Å²) in [6.07, 6.45) is 1.86. The van der Waals surface area contributed by atoms with Gasteiger partial charge in [-0.05, 0) is 26.8 Å². The summed E-state index contributed by atoms with van der Waals surface area (Å²) in [4.78, 5) is 0. The maximum Gasteiger partial charge on any atom is 0.192 e. The molecule has 0 saturated heterocycles. The van der Waals surface area contributed by atoms with Crippen LogP contribution in [0.2, 0.25) is 0 Å². The van der Waals surface area contributed by atoms with Crippen molar-refractivity contribution in [3.63, 3.8) is 0 Å². The van der Waals surface area contributed by atoms with Crippen molar-refractivity contribution in [2.45, 2.75) is 38.2 Å². The van der Waals surface area contributed by atoms with E-state index in [4.69, 9.17) is 4.52 Å². The monoisotopic (exact) mass is 340 g/mol. The number of nitrogens with zero attached hydrogens (tertiary/aromatic N) is 4. The SMILES string of the molecule is C=CCn1c(SCc2c(C)noc2C)nnc1-c1cccc(C)c1. The molecular formula is C18H20N4OS. The molecule has 0 atom stereocenters. The van der Waals surface area contributed by atoms with Crippen LogP contribution in [0.5, 0.6) is 0 Å². The molecule has 0 radical (unpaired) electrons. The van der Waals surface area contributed by atoms with Gasteiger partial charge in [0.15, 0.2) is 11.0 Å². The molecule has 24 heavy (non-hydrogen) atoms. The van der Waals surface area contributed by atoms with Crippen LogP contribution in [0.1, 0.15) is 22.6 Å². The van der Waals surface area contributed by atoms with Crippen LogP contribution in [-0.2, 0) is 12.3 Å². The van der Waals surface area contributed by atoms with Crippen LogP contribution < -0.4 is 0 Å². The van der Waals surface area contributed by atoms with Crippen LogP contribution in [0.15, 0.2) is 46.6 Å². The summed E-state index contributed by atoms with van der Waals surface area (Å²) >= 11 is 1.63. The number of benzene rings is 1. The standard InChI is InChI=1S/C18H20N4OS/c1-5-9-22-17(15-8-6-7-12(2)10-15)19-20-18(22)24-11-16-13(3)21-23-14(16)4/h5-8,10H,1,9,11H2,2-4H3. The average Bonchev–Trinajstić information content (AvgIpc) is 3.10. The van der Waals surface area contributed by atoms with Gasteiger partial charge in [0.25, 0.3) is 0 Å². The second-order valence-electron chi connectivity index (χ2n) is 5.67. The van der Waals surface area contributed by atoms with Crippen molar-refractivity contribution in [1.82, 2.24) is 19.9 Å². The molecule has 0 bridgehead atoms. The van der Waals surface area contributed by atoms with Gasteiger partial charge in [-0.25, -0.2) is 0 Å². The molecule has 0 aliphatic heterocycles. The number of hydrogen-bond acceptors (Lipinski definition) is 5. The van der Waals surface area contributed by atoms with E-state index in [-0.39, 0.29) is 0 Å². The van der Waals surface area contributed by atoms with Crippen LogP contribution in [-0.4, -0.2) is 19.9 Å². The first-order valence-corrected chi connectivity index (χ1v) is 8.74. The molecule has 2 heterocycles. The highest BCUT2D eigenvalue weighted by Crippen LogP contribution is 2.28. The molecule has 0 spiro atoms. The van der Waals surface area contributed by atoms with Gasteiger partial charge in [0.1, 0.15) is 5.76 Å². The van der Waals surface area contributed by atoms with E-state index in [0.29, 0.717) is 6.54 Å². The van der Waals surface area contributed by atoms with E-state index in [9.17, 15) is 0 Å². The van der Waals surface area contributed by atoms with Gasteiger partial charge < -0.3 is 4.52 Å². The number of allylic oxidation sites excluding steroid dienone is 1. The van der Waals surface area contributed by atoms with E-state index in [2.05, 4.69) is 51.6 Å². The first-order valence-electron chi connectivity index (χ1n) is 7.76. The molecule has 0 unspecified atom stereocenters. The van der Waals surface area contributed by atoms with Crippen LogP contribution in [0.25, 0.3) is 11.4 Å². The van der Waals surface area contributed by atoms with Crippen LogP contribution >= 0.6 is 11.8 Å². The lowest BCUT2D eigenvalue weighted by Crippen LogP contribution is -2.01. The Kier molecular flexibility index (Phi) is 4.85. The van der Waals surface area contributed by atoms with Crippen molar-refractivity contribution in [3.8, 4) is 11.4 Å². The second kappa shape index (κ2) is 7.05. The summed E-state index contributed by atoms with van der Waals surface area (Å²) in [5, 5.41) is 13.6. The molecule has 0 fully saturated rings. The quantitative estimate of drug-likeness (QED) is 0.493. The molecule has 0 amide bonds. The number of hydrogen-bond donors (Lipinski definition) is 0. The fraction of sp³-hybridized carbons (Fsp3) is 0.278. The molecule has 0 aliphatic rings. The summed E-state index contributed by atoms with van der Waals surface area (Å²) < 4.78 is 7.31. The third-order valence-corrected chi connectivity index (χ3v) is 4.82. The summed E-state index contributed by atoms with van der Waals surface area (Å²) in [6, 6.07) is 8.28. The van der Waals surface area contributed by atoms with E-state index in [1.165, 1.54) is 5.56 Å². The summed E-state index contributed by atoms with van der Waals surface area (Å²) in [6.45, 7) is 10.5. The number of rotatable bonds is 6. The zero-order valence-electron chi connectivity index (χ0n) is 14.1. The smallest absolute Gasteiger partial charge is 0.192 e. The van der Waals surface area contributed by atoms with Crippen molar-refractivity contribution in [3.05, 3.63) is 59.5 Å². The number of aromatic nitrogens is 4. The maximum absolute atomic E-state index is 5.23. The fourth-order valence-corrected chi connectivity index (χ4v) is 3.63. The van der Waals surface area contributed by atoms with Crippen molar-refractivity contribution in [2.75, 3.05) is 0 Å². The molecule has 2 aromatic heterocycles. The van der Waals surface area contributed by atoms with Gasteiger partial charge in [-0.15, -0.1) is 16.8 Å². The molecule has 5 nitrogen and oxygen atoms in total. The lowest BCUT2D eigenvalue weighted by molar-refractivity contribution is 0.392. The third-order valence-electron chi connectivity index (χ3n) is 3.83. The highest BCUT2D eigenvalue weighted by Gasteiger charge is 2.16. The van der Waals surface area contributed by atoms with Gasteiger partial charge in [-0.1, -0.05) is 46.8 Å². The molecule has 0 aliphatic carbocycles. The Morgan fingerprint density at radius 2 is 2.08 bits per heavy atom. The first-order chi connectivity index (χ1) is 11.6. The zero-order valence-corrected chi connectivity index (χ0v) is 14.9. The Morgan fingerprint density at radius 3 is 2.75 bits per heavy atom. The fourth-order valence-electron chi connectivity index (χ4n) is 2.53. The van der Waals surface area contributed by atoms with E-state index < -0.39 is 0 Å². The highest BCUT2D eigenvalue weighted by atomic mass is 32.2. The van der Waals surface area contributed by atoms with Crippen molar-refractivity contribution < 1.29 is 4.52 Å². The lowest BCUT2D eigenvalue weighted by atomic mass is 10.1. The zero-order chi connectivity index (χ0) is 17.1. The predicted molar refractivity (Wildman–Crippen MR) is 95.9 cm³/mol. The molecule has 1 aromatic carbocycles. The molecular weight excluding hydrogens is 320 g/mol. The molecule has 0 saturated carbocycles. The Hall–Kier alpha value is -2.34. The predicted octanol–water partition coefficient (Wildman–Crippen LogP) is 4.34. The molecule has 6 heteroatoms. The van der Waals surface area contributed by atoms with Crippen molar-refractivity contribution in [2.24, 2.45) is 0 Å². The van der Waals surface area contributed by atoms with Crippen LogP contribution in [0.4, 0.5) is 0 Å². The largest absolute Gasteiger partial charge is 0.361 e. The van der Waals surface area contributed by atoms with Gasteiger partial charge in [0.2, 0.25) is 0 Å². The minimum Gasteiger partial charge on any atom is -0.361 e. The first kappa shape index (κ1) is 16.5. The van der Waals surface area contributed by atoms with Gasteiger partial charge in [-0.3, -0.25) is 4.57 Å².